The summed E-state index contributed by atoms with van der Waals surface area (Å²) in [7, 11) is 0. The quantitative estimate of drug-likeness (QED) is 0.510. The van der Waals surface area contributed by atoms with Gasteiger partial charge in [0.1, 0.15) is 4.88 Å². The summed E-state index contributed by atoms with van der Waals surface area (Å²) >= 11 is 13.0. The Morgan fingerprint density at radius 3 is 2.52 bits per heavy atom. The van der Waals surface area contributed by atoms with Gasteiger partial charge in [-0.05, 0) is 61.9 Å². The highest BCUT2D eigenvalue weighted by atomic mass is 35.5. The molecule has 1 aliphatic heterocycles. The first-order valence-corrected chi connectivity index (χ1v) is 11.3. The van der Waals surface area contributed by atoms with Crippen LogP contribution in [0.4, 0.5) is 5.69 Å². The lowest BCUT2D eigenvalue weighted by molar-refractivity contribution is 0.0982. The number of fused-ring (bicyclic) bond motifs is 1. The van der Waals surface area contributed by atoms with Gasteiger partial charge in [0.05, 0.1) is 5.02 Å². The number of likely N-dealkylation sites (tertiary alicyclic amines) is 1. The molecule has 1 amide bonds. The fourth-order valence-electron chi connectivity index (χ4n) is 3.55. The van der Waals surface area contributed by atoms with Gasteiger partial charge in [-0.25, -0.2) is 0 Å². The van der Waals surface area contributed by atoms with Crippen LogP contribution >= 0.6 is 35.2 Å². The van der Waals surface area contributed by atoms with Gasteiger partial charge >= 0.3 is 0 Å². The molecule has 0 radical (unpaired) electrons. The minimum Gasteiger partial charge on any atom is -0.332 e. The molecule has 0 atom stereocenters. The zero-order valence-corrected chi connectivity index (χ0v) is 18.3. The van der Waals surface area contributed by atoms with Crippen molar-refractivity contribution in [1.82, 2.24) is 10.2 Å². The number of carbonyl (C=O) groups is 1. The van der Waals surface area contributed by atoms with Gasteiger partial charge in [-0.1, -0.05) is 48.4 Å². The van der Waals surface area contributed by atoms with Crippen molar-refractivity contribution in [3.63, 3.8) is 0 Å². The minimum atomic E-state index is -0.296. The summed E-state index contributed by atoms with van der Waals surface area (Å²) in [5, 5.41) is 7.40. The Hall–Kier alpha value is -1.99. The zero-order chi connectivity index (χ0) is 20.2. The van der Waals surface area contributed by atoms with Gasteiger partial charge < -0.3 is 5.32 Å². The Labute approximate surface area is 184 Å². The number of amides is 1. The number of anilines is 1. The molecule has 150 valence electrons. The maximum Gasteiger partial charge on any atom is 0.269 e. The number of nitrogens with one attached hydrogen (secondary N) is 2. The van der Waals surface area contributed by atoms with Gasteiger partial charge in [0.25, 0.3) is 5.91 Å². The summed E-state index contributed by atoms with van der Waals surface area (Å²) < 4.78 is 0.978. The summed E-state index contributed by atoms with van der Waals surface area (Å²) in [4.78, 5) is 15.6. The number of piperidine rings is 1. The van der Waals surface area contributed by atoms with Gasteiger partial charge in [-0.15, -0.1) is 11.3 Å². The van der Waals surface area contributed by atoms with E-state index in [1.165, 1.54) is 49.3 Å². The molecule has 0 unspecified atom stereocenters. The molecular formula is C22H22ClN3OS2. The highest BCUT2D eigenvalue weighted by Crippen LogP contribution is 2.35. The highest BCUT2D eigenvalue weighted by molar-refractivity contribution is 7.80. The molecule has 4 nitrogen and oxygen atoms in total. The maximum atomic E-state index is 12.6. The molecule has 2 aromatic carbocycles. The number of halogens is 1. The zero-order valence-electron chi connectivity index (χ0n) is 15.9. The topological polar surface area (TPSA) is 44.4 Å². The van der Waals surface area contributed by atoms with Gasteiger partial charge in [0.2, 0.25) is 0 Å². The summed E-state index contributed by atoms with van der Waals surface area (Å²) in [5.74, 6) is -0.296. The molecule has 4 rings (SSSR count). The van der Waals surface area contributed by atoms with E-state index in [4.69, 9.17) is 23.8 Å². The van der Waals surface area contributed by atoms with Crippen molar-refractivity contribution < 1.29 is 4.79 Å². The van der Waals surface area contributed by atoms with E-state index < -0.39 is 0 Å². The van der Waals surface area contributed by atoms with Crippen molar-refractivity contribution in [3.05, 3.63) is 64.0 Å². The number of nitrogens with zero attached hydrogens (tertiary/aromatic N) is 1. The number of thiophene rings is 1. The van der Waals surface area contributed by atoms with E-state index in [1.807, 2.05) is 36.4 Å². The summed E-state index contributed by atoms with van der Waals surface area (Å²) in [5.41, 5.74) is 2.13. The van der Waals surface area contributed by atoms with Crippen LogP contribution < -0.4 is 10.6 Å². The highest BCUT2D eigenvalue weighted by Gasteiger charge is 2.18. The van der Waals surface area contributed by atoms with E-state index in [0.717, 1.165) is 22.3 Å². The largest absolute Gasteiger partial charge is 0.332 e. The second-order valence-electron chi connectivity index (χ2n) is 7.18. The van der Waals surface area contributed by atoms with Crippen LogP contribution in [0, 0.1) is 0 Å². The third-order valence-corrected chi connectivity index (χ3v) is 6.91. The Kier molecular flexibility index (Phi) is 6.45. The third-order valence-electron chi connectivity index (χ3n) is 5.03. The Balaban J connectivity index is 1.35. The maximum absolute atomic E-state index is 12.6. The second-order valence-corrected chi connectivity index (χ2v) is 9.02. The second kappa shape index (κ2) is 9.22. The van der Waals surface area contributed by atoms with Crippen LogP contribution in [0.5, 0.6) is 0 Å². The molecule has 0 spiro atoms. The number of thiocarbonyl (C=S) groups is 1. The van der Waals surface area contributed by atoms with Crippen LogP contribution in [0.3, 0.4) is 0 Å². The summed E-state index contributed by atoms with van der Waals surface area (Å²) in [6, 6.07) is 15.9. The lowest BCUT2D eigenvalue weighted by Crippen LogP contribution is -2.33. The molecular weight excluding hydrogens is 422 g/mol. The molecule has 1 fully saturated rings. The molecule has 1 saturated heterocycles. The molecule has 29 heavy (non-hydrogen) atoms. The first kappa shape index (κ1) is 20.3. The van der Waals surface area contributed by atoms with Crippen LogP contribution in [0.1, 0.15) is 34.5 Å². The predicted molar refractivity (Wildman–Crippen MR) is 126 cm³/mol. The molecule has 1 aromatic heterocycles. The monoisotopic (exact) mass is 443 g/mol. The first-order valence-electron chi connectivity index (χ1n) is 9.71. The van der Waals surface area contributed by atoms with Gasteiger partial charge in [0.15, 0.2) is 5.11 Å². The van der Waals surface area contributed by atoms with Crippen LogP contribution in [-0.2, 0) is 6.54 Å². The molecule has 0 aliphatic carbocycles. The smallest absolute Gasteiger partial charge is 0.269 e. The SMILES string of the molecule is O=C(NC(=S)Nc1ccc(CN2CCCCC2)cc1)c1sc2ccccc2c1Cl. The van der Waals surface area contributed by atoms with Crippen molar-refractivity contribution in [2.24, 2.45) is 0 Å². The lowest BCUT2D eigenvalue weighted by atomic mass is 10.1. The Morgan fingerprint density at radius 1 is 1.07 bits per heavy atom. The van der Waals surface area contributed by atoms with Crippen molar-refractivity contribution in [1.29, 1.82) is 0 Å². The van der Waals surface area contributed by atoms with E-state index in [2.05, 4.69) is 27.7 Å². The van der Waals surface area contributed by atoms with E-state index in [1.54, 1.807) is 0 Å². The van der Waals surface area contributed by atoms with Crippen LogP contribution in [-0.4, -0.2) is 29.0 Å². The normalized spacial score (nSPS) is 14.7. The molecule has 0 saturated carbocycles. The minimum absolute atomic E-state index is 0.257. The van der Waals surface area contributed by atoms with Crippen molar-refractivity contribution in [2.75, 3.05) is 18.4 Å². The molecule has 3 aromatic rings. The van der Waals surface area contributed by atoms with E-state index in [0.29, 0.717) is 9.90 Å². The fraction of sp³-hybridized carbons (Fsp3) is 0.273. The molecule has 2 N–H and O–H groups in total. The summed E-state index contributed by atoms with van der Waals surface area (Å²) in [6.07, 6.45) is 3.92. The van der Waals surface area contributed by atoms with Crippen LogP contribution in [0.15, 0.2) is 48.5 Å². The number of hydrogen-bond donors (Lipinski definition) is 2. The Bertz CT molecular complexity index is 1030. The number of benzene rings is 2. The molecule has 7 heteroatoms. The van der Waals surface area contributed by atoms with E-state index in [-0.39, 0.29) is 11.0 Å². The molecule has 1 aliphatic rings. The fourth-order valence-corrected chi connectivity index (χ4v) is 5.17. The number of carbonyl (C=O) groups excluding carboxylic acids is 1. The van der Waals surface area contributed by atoms with E-state index >= 15 is 0 Å². The lowest BCUT2D eigenvalue weighted by Gasteiger charge is -2.26. The van der Waals surface area contributed by atoms with Gasteiger partial charge in [0, 0.05) is 22.3 Å². The number of rotatable bonds is 4. The van der Waals surface area contributed by atoms with Crippen LogP contribution in [0.2, 0.25) is 5.02 Å². The van der Waals surface area contributed by atoms with Crippen LogP contribution in [0.25, 0.3) is 10.1 Å². The first-order chi connectivity index (χ1) is 14.1. The van der Waals surface area contributed by atoms with Crippen molar-refractivity contribution >= 4 is 61.9 Å². The van der Waals surface area contributed by atoms with Crippen molar-refractivity contribution in [3.8, 4) is 0 Å². The standard InChI is InChI=1S/C22H22ClN3OS2/c23-19-17-6-2-3-7-18(17)29-20(19)21(27)25-22(28)24-16-10-8-15(9-11-16)14-26-12-4-1-5-13-26/h2-3,6-11H,1,4-5,12-14H2,(H2,24,25,27,28). The average molecular weight is 444 g/mol. The van der Waals surface area contributed by atoms with Gasteiger partial charge in [-0.2, -0.15) is 0 Å². The Morgan fingerprint density at radius 2 is 1.79 bits per heavy atom. The van der Waals surface area contributed by atoms with Gasteiger partial charge in [-0.3, -0.25) is 15.0 Å². The number of hydrogen-bond acceptors (Lipinski definition) is 4. The molecule has 2 heterocycles. The van der Waals surface area contributed by atoms with Crippen molar-refractivity contribution in [2.45, 2.75) is 25.8 Å². The summed E-state index contributed by atoms with van der Waals surface area (Å²) in [6.45, 7) is 3.33. The van der Waals surface area contributed by atoms with E-state index in [9.17, 15) is 4.79 Å². The average Bonchev–Trinajstić information content (AvgIpc) is 3.07. The third kappa shape index (κ3) is 4.95. The predicted octanol–water partition coefficient (Wildman–Crippen LogP) is 5.67. The molecule has 0 bridgehead atoms.